The highest BCUT2D eigenvalue weighted by atomic mass is 16.5. The minimum absolute atomic E-state index is 0.0964. The molecule has 1 aromatic carbocycles. The molecule has 1 amide bonds. The summed E-state index contributed by atoms with van der Waals surface area (Å²) in [4.78, 5) is 38.7. The van der Waals surface area contributed by atoms with Gasteiger partial charge in [-0.25, -0.2) is 0 Å². The number of aromatic hydroxyl groups is 1. The van der Waals surface area contributed by atoms with E-state index in [-0.39, 0.29) is 17.5 Å². The van der Waals surface area contributed by atoms with E-state index in [0.29, 0.717) is 0 Å². The molecule has 11 nitrogen and oxygen atoms in total. The molecule has 0 unspecified atom stereocenters. The van der Waals surface area contributed by atoms with E-state index < -0.39 is 79.6 Å². The van der Waals surface area contributed by atoms with Crippen molar-refractivity contribution in [1.29, 1.82) is 0 Å². The molecule has 0 heterocycles. The van der Waals surface area contributed by atoms with Crippen LogP contribution in [0.15, 0.2) is 35.1 Å². The maximum absolute atomic E-state index is 13.7. The number of primary amides is 1. The maximum Gasteiger partial charge on any atom is 0.256 e. The van der Waals surface area contributed by atoms with E-state index in [0.717, 1.165) is 14.1 Å². The van der Waals surface area contributed by atoms with Gasteiger partial charge in [0, 0.05) is 11.5 Å². The number of carbonyl (C=O) groups is 3. The first-order chi connectivity index (χ1) is 15.1. The highest BCUT2D eigenvalue weighted by molar-refractivity contribution is 6.24. The van der Waals surface area contributed by atoms with Crippen molar-refractivity contribution < 1.29 is 44.6 Å². The molecule has 0 radical (unpaired) electrons. The average molecular weight is 460 g/mol. The molecule has 0 aromatic heterocycles. The molecule has 0 aliphatic heterocycles. The van der Waals surface area contributed by atoms with Crippen molar-refractivity contribution in [1.82, 2.24) is 0 Å². The van der Waals surface area contributed by atoms with E-state index in [1.54, 1.807) is 0 Å². The third kappa shape index (κ3) is 2.73. The first kappa shape index (κ1) is 22.9. The SMILES string of the molecule is C[C@@]1(O)c2cccc(O)c2C(O)=C2C(=O)[C@]3(O)C(O)=C(C(N)=O)C(=O)[C@@H]([N+](C)(C)[O-])[C@@H]3C[C@@H]21. The molecule has 7 N–H and O–H groups in total. The number of hydrogen-bond donors (Lipinski definition) is 6. The van der Waals surface area contributed by atoms with Gasteiger partial charge in [-0.3, -0.25) is 14.4 Å². The van der Waals surface area contributed by atoms with Crippen LogP contribution in [0.4, 0.5) is 0 Å². The number of phenolic OH excluding ortho intramolecular Hbond substituents is 1. The summed E-state index contributed by atoms with van der Waals surface area (Å²) in [5, 5.41) is 67.8. The lowest BCUT2D eigenvalue weighted by Gasteiger charge is -2.55. The standard InChI is InChI=1S/C22H24N2O9/c1-21(31)8-5-4-6-11(25)12(8)16(26)13-9(21)7-10-15(24(2,3)33)17(27)14(20(23)30)19(29)22(10,32)18(13)28/h4-6,9-10,15,25-26,29,31-32H,7H2,1-3H3,(H2,23,30)/t9-,10-,15-,21+,22-/m0/s1. The van der Waals surface area contributed by atoms with Gasteiger partial charge in [0.2, 0.25) is 11.6 Å². The third-order valence-corrected chi connectivity index (χ3v) is 7.13. The fraction of sp³-hybridized carbons (Fsp3) is 0.409. The number of Topliss-reactive ketones (excluding diaryl/α,β-unsaturated/α-hetero) is 2. The van der Waals surface area contributed by atoms with Gasteiger partial charge in [-0.1, -0.05) is 12.1 Å². The minimum Gasteiger partial charge on any atom is -0.633 e. The Labute approximate surface area is 187 Å². The number of carbonyl (C=O) groups excluding carboxylic acids is 3. The molecule has 11 heteroatoms. The van der Waals surface area contributed by atoms with E-state index in [2.05, 4.69) is 0 Å². The second kappa shape index (κ2) is 6.64. The Morgan fingerprint density at radius 1 is 1.18 bits per heavy atom. The van der Waals surface area contributed by atoms with Crippen molar-refractivity contribution in [3.63, 3.8) is 0 Å². The molecular weight excluding hydrogens is 436 g/mol. The molecule has 1 aromatic rings. The molecule has 0 spiro atoms. The molecular formula is C22H24N2O9. The van der Waals surface area contributed by atoms with Crippen LogP contribution in [0.25, 0.3) is 5.76 Å². The number of fused-ring (bicyclic) bond motifs is 3. The summed E-state index contributed by atoms with van der Waals surface area (Å²) in [6, 6.07) is 2.38. The Morgan fingerprint density at radius 2 is 1.79 bits per heavy atom. The van der Waals surface area contributed by atoms with Gasteiger partial charge in [-0.05, 0) is 25.0 Å². The van der Waals surface area contributed by atoms with Crippen molar-refractivity contribution >= 4 is 23.2 Å². The molecule has 1 fully saturated rings. The first-order valence-corrected chi connectivity index (χ1v) is 10.2. The summed E-state index contributed by atoms with van der Waals surface area (Å²) < 4.78 is -1.36. The number of amides is 1. The van der Waals surface area contributed by atoms with Crippen LogP contribution >= 0.6 is 0 Å². The maximum atomic E-state index is 13.7. The van der Waals surface area contributed by atoms with E-state index >= 15 is 0 Å². The smallest absolute Gasteiger partial charge is 0.256 e. The van der Waals surface area contributed by atoms with Crippen LogP contribution in [0.3, 0.4) is 0 Å². The van der Waals surface area contributed by atoms with Crippen LogP contribution in [-0.2, 0) is 20.0 Å². The molecule has 0 bridgehead atoms. The third-order valence-electron chi connectivity index (χ3n) is 7.13. The lowest BCUT2D eigenvalue weighted by atomic mass is 9.54. The van der Waals surface area contributed by atoms with Gasteiger partial charge in [0.1, 0.15) is 22.8 Å². The number of hydrogen-bond acceptors (Lipinski definition) is 9. The summed E-state index contributed by atoms with van der Waals surface area (Å²) in [6.45, 7) is 1.33. The van der Waals surface area contributed by atoms with Crippen LogP contribution in [0.2, 0.25) is 0 Å². The Bertz CT molecular complexity index is 1190. The molecule has 0 saturated heterocycles. The van der Waals surface area contributed by atoms with Gasteiger partial charge in [-0.15, -0.1) is 0 Å². The largest absolute Gasteiger partial charge is 0.633 e. The number of nitrogens with zero attached hydrogens (tertiary/aromatic N) is 1. The van der Waals surface area contributed by atoms with Crippen LogP contribution in [0.1, 0.15) is 24.5 Å². The van der Waals surface area contributed by atoms with Gasteiger partial charge < -0.3 is 41.1 Å². The molecule has 33 heavy (non-hydrogen) atoms. The summed E-state index contributed by atoms with van der Waals surface area (Å²) in [5.74, 6) is -9.12. The lowest BCUT2D eigenvalue weighted by molar-refractivity contribution is -0.862. The summed E-state index contributed by atoms with van der Waals surface area (Å²) >= 11 is 0. The normalized spacial score (nSPS) is 34.1. The topological polar surface area (TPSA) is 201 Å². The molecule has 5 atom stereocenters. The number of quaternary nitrogens is 1. The van der Waals surface area contributed by atoms with Gasteiger partial charge >= 0.3 is 0 Å². The number of likely N-dealkylation sites (N-methyl/N-ethyl adjacent to an activating group) is 1. The second-order valence-corrected chi connectivity index (χ2v) is 9.43. The zero-order valence-corrected chi connectivity index (χ0v) is 18.1. The zero-order chi connectivity index (χ0) is 24.8. The molecule has 1 saturated carbocycles. The Balaban J connectivity index is 2.07. The number of aliphatic hydroxyl groups is 4. The lowest BCUT2D eigenvalue weighted by Crippen LogP contribution is -2.69. The molecule has 176 valence electrons. The van der Waals surface area contributed by atoms with Crippen molar-refractivity contribution in [2.45, 2.75) is 30.6 Å². The van der Waals surface area contributed by atoms with Crippen LogP contribution < -0.4 is 5.73 Å². The van der Waals surface area contributed by atoms with E-state index in [1.165, 1.54) is 25.1 Å². The Morgan fingerprint density at radius 3 is 2.33 bits per heavy atom. The monoisotopic (exact) mass is 460 g/mol. The van der Waals surface area contributed by atoms with Crippen LogP contribution in [0, 0.1) is 17.0 Å². The van der Waals surface area contributed by atoms with Gasteiger partial charge in [-0.2, -0.15) is 0 Å². The molecule has 4 rings (SSSR count). The minimum atomic E-state index is -2.94. The number of phenols is 1. The summed E-state index contributed by atoms with van der Waals surface area (Å²) in [7, 11) is 2.15. The van der Waals surface area contributed by atoms with Gasteiger partial charge in [0.15, 0.2) is 11.6 Å². The predicted molar refractivity (Wildman–Crippen MR) is 112 cm³/mol. The first-order valence-electron chi connectivity index (χ1n) is 10.2. The fourth-order valence-corrected chi connectivity index (χ4v) is 5.62. The van der Waals surface area contributed by atoms with Crippen molar-refractivity contribution in [3.8, 4) is 5.75 Å². The van der Waals surface area contributed by atoms with E-state index in [1.807, 2.05) is 0 Å². The number of nitrogens with two attached hydrogens (primary N) is 1. The van der Waals surface area contributed by atoms with Crippen LogP contribution in [-0.4, -0.2) is 73.4 Å². The zero-order valence-electron chi connectivity index (χ0n) is 18.1. The number of hydroxylamine groups is 3. The van der Waals surface area contributed by atoms with E-state index in [9.17, 15) is 45.1 Å². The quantitative estimate of drug-likeness (QED) is 0.194. The highest BCUT2D eigenvalue weighted by Crippen LogP contribution is 2.57. The van der Waals surface area contributed by atoms with Crippen molar-refractivity contribution in [2.75, 3.05) is 14.1 Å². The second-order valence-electron chi connectivity index (χ2n) is 9.43. The fourth-order valence-electron chi connectivity index (χ4n) is 5.62. The van der Waals surface area contributed by atoms with Crippen LogP contribution in [0.5, 0.6) is 5.75 Å². The highest BCUT2D eigenvalue weighted by Gasteiger charge is 2.68. The van der Waals surface area contributed by atoms with E-state index in [4.69, 9.17) is 5.73 Å². The summed E-state index contributed by atoms with van der Waals surface area (Å²) in [5.41, 5.74) is -1.31. The van der Waals surface area contributed by atoms with Gasteiger partial charge in [0.05, 0.1) is 31.2 Å². The molecule has 3 aliphatic rings. The van der Waals surface area contributed by atoms with Crippen molar-refractivity contribution in [2.24, 2.45) is 17.6 Å². The van der Waals surface area contributed by atoms with Crippen molar-refractivity contribution in [3.05, 3.63) is 51.4 Å². The Kier molecular flexibility index (Phi) is 4.61. The van der Waals surface area contributed by atoms with Gasteiger partial charge in [0.25, 0.3) is 5.91 Å². The summed E-state index contributed by atoms with van der Waals surface area (Å²) in [6.07, 6.45) is -0.389. The molecule has 3 aliphatic carbocycles. The average Bonchev–Trinajstić information content (AvgIpc) is 2.67. The number of aliphatic hydroxyl groups excluding tert-OH is 2. The Hall–Kier alpha value is -3.25. The predicted octanol–water partition coefficient (Wildman–Crippen LogP) is -0.358. The number of benzene rings is 1. The number of rotatable bonds is 2. The number of ketones is 2.